The minimum Gasteiger partial charge on any atom is -0.469 e. The number of esters is 1. The first-order valence-electron chi connectivity index (χ1n) is 5.97. The Morgan fingerprint density at radius 3 is 2.25 bits per heavy atom. The second kappa shape index (κ2) is 11.5. The predicted molar refractivity (Wildman–Crippen MR) is 69.3 cm³/mol. The van der Waals surface area contributed by atoms with E-state index in [1.165, 1.54) is 26.4 Å². The Kier molecular flexibility index (Phi) is 11.6. The molecule has 0 saturated carbocycles. The topological polar surface area (TPSA) is 26.3 Å². The number of hydrogen-bond acceptors (Lipinski definition) is 2. The van der Waals surface area contributed by atoms with Crippen molar-refractivity contribution in [2.75, 3.05) is 13.0 Å². The molecule has 0 aliphatic heterocycles. The first-order valence-corrected chi connectivity index (χ1v) is 6.94. The molecule has 0 aliphatic carbocycles. The van der Waals surface area contributed by atoms with Crippen LogP contribution in [0.1, 0.15) is 51.4 Å². The molecule has 0 spiro atoms. The standard InChI is InChI=1S/C12H22Cl2O2/c1-16-12(15)9-7-5-3-2-4-6-8-11(14)10-13/h11H,2-10H2,1H3. The van der Waals surface area contributed by atoms with Crippen LogP contribution in [0.25, 0.3) is 0 Å². The zero-order valence-corrected chi connectivity index (χ0v) is 11.5. The highest BCUT2D eigenvalue weighted by Crippen LogP contribution is 2.13. The number of carbonyl (C=O) groups excluding carboxylic acids is 1. The van der Waals surface area contributed by atoms with Crippen LogP contribution in [-0.4, -0.2) is 24.3 Å². The molecule has 0 aromatic carbocycles. The number of unbranched alkanes of at least 4 members (excludes halogenated alkanes) is 5. The van der Waals surface area contributed by atoms with Gasteiger partial charge in [-0.05, 0) is 12.8 Å². The third kappa shape index (κ3) is 10.6. The summed E-state index contributed by atoms with van der Waals surface area (Å²) >= 11 is 11.5. The lowest BCUT2D eigenvalue weighted by atomic mass is 10.1. The third-order valence-electron chi connectivity index (χ3n) is 2.54. The van der Waals surface area contributed by atoms with Gasteiger partial charge in [-0.1, -0.05) is 32.1 Å². The van der Waals surface area contributed by atoms with Crippen LogP contribution < -0.4 is 0 Å². The Morgan fingerprint density at radius 2 is 1.69 bits per heavy atom. The van der Waals surface area contributed by atoms with E-state index in [1.54, 1.807) is 0 Å². The molecule has 1 atom stereocenters. The van der Waals surface area contributed by atoms with Gasteiger partial charge in [0.1, 0.15) is 0 Å². The molecule has 0 aliphatic rings. The van der Waals surface area contributed by atoms with Crippen molar-refractivity contribution in [2.24, 2.45) is 0 Å². The van der Waals surface area contributed by atoms with Crippen molar-refractivity contribution in [1.82, 2.24) is 0 Å². The van der Waals surface area contributed by atoms with Crippen LogP contribution in [-0.2, 0) is 9.53 Å². The molecule has 96 valence electrons. The highest BCUT2D eigenvalue weighted by atomic mass is 35.5. The average molecular weight is 269 g/mol. The lowest BCUT2D eigenvalue weighted by molar-refractivity contribution is -0.140. The summed E-state index contributed by atoms with van der Waals surface area (Å²) < 4.78 is 4.57. The minimum absolute atomic E-state index is 0.105. The molecule has 0 saturated heterocycles. The molecule has 2 nitrogen and oxygen atoms in total. The maximum atomic E-state index is 10.8. The normalized spacial score (nSPS) is 12.4. The van der Waals surface area contributed by atoms with Gasteiger partial charge in [-0.2, -0.15) is 0 Å². The molecule has 0 fully saturated rings. The average Bonchev–Trinajstić information content (AvgIpc) is 2.31. The van der Waals surface area contributed by atoms with Crippen molar-refractivity contribution < 1.29 is 9.53 Å². The first-order chi connectivity index (χ1) is 7.70. The minimum atomic E-state index is -0.105. The van der Waals surface area contributed by atoms with E-state index in [1.807, 2.05) is 0 Å². The van der Waals surface area contributed by atoms with Crippen LogP contribution in [0.3, 0.4) is 0 Å². The van der Waals surface area contributed by atoms with E-state index in [-0.39, 0.29) is 11.3 Å². The zero-order valence-electron chi connectivity index (χ0n) is 10.0. The fraction of sp³-hybridized carbons (Fsp3) is 0.917. The van der Waals surface area contributed by atoms with E-state index in [0.717, 1.165) is 25.7 Å². The lowest BCUT2D eigenvalue weighted by Crippen LogP contribution is -1.99. The molecule has 0 radical (unpaired) electrons. The van der Waals surface area contributed by atoms with Gasteiger partial charge in [0.2, 0.25) is 0 Å². The monoisotopic (exact) mass is 268 g/mol. The van der Waals surface area contributed by atoms with Crippen molar-refractivity contribution >= 4 is 29.2 Å². The molecule has 0 aromatic rings. The van der Waals surface area contributed by atoms with Gasteiger partial charge in [0.05, 0.1) is 7.11 Å². The molecule has 0 bridgehead atoms. The summed E-state index contributed by atoms with van der Waals surface area (Å²) in [4.78, 5) is 10.8. The van der Waals surface area contributed by atoms with Crippen LogP contribution in [0, 0.1) is 0 Å². The fourth-order valence-electron chi connectivity index (χ4n) is 1.52. The van der Waals surface area contributed by atoms with Crippen LogP contribution in [0.4, 0.5) is 0 Å². The van der Waals surface area contributed by atoms with Gasteiger partial charge in [-0.25, -0.2) is 0 Å². The Morgan fingerprint density at radius 1 is 1.12 bits per heavy atom. The van der Waals surface area contributed by atoms with Gasteiger partial charge in [0.25, 0.3) is 0 Å². The molecule has 1 unspecified atom stereocenters. The fourth-order valence-corrected chi connectivity index (χ4v) is 1.83. The second-order valence-corrected chi connectivity index (χ2v) is 4.91. The summed E-state index contributed by atoms with van der Waals surface area (Å²) in [5.41, 5.74) is 0. The molecule has 0 N–H and O–H groups in total. The van der Waals surface area contributed by atoms with Crippen molar-refractivity contribution in [2.45, 2.75) is 56.7 Å². The number of methoxy groups -OCH3 is 1. The van der Waals surface area contributed by atoms with Crippen molar-refractivity contribution in [3.8, 4) is 0 Å². The highest BCUT2D eigenvalue weighted by molar-refractivity contribution is 6.28. The number of carbonyl (C=O) groups is 1. The molecular weight excluding hydrogens is 247 g/mol. The SMILES string of the molecule is COC(=O)CCCCCCCCC(Cl)CCl. The summed E-state index contributed by atoms with van der Waals surface area (Å²) in [7, 11) is 1.43. The number of rotatable bonds is 10. The van der Waals surface area contributed by atoms with Crippen molar-refractivity contribution in [3.63, 3.8) is 0 Å². The largest absolute Gasteiger partial charge is 0.469 e. The predicted octanol–water partition coefficient (Wildman–Crippen LogP) is 4.13. The van der Waals surface area contributed by atoms with Crippen molar-refractivity contribution in [3.05, 3.63) is 0 Å². The van der Waals surface area contributed by atoms with Crippen LogP contribution in [0.15, 0.2) is 0 Å². The number of ether oxygens (including phenoxy) is 1. The van der Waals surface area contributed by atoms with Crippen LogP contribution in [0.2, 0.25) is 0 Å². The molecule has 0 aromatic heterocycles. The van der Waals surface area contributed by atoms with Crippen molar-refractivity contribution in [1.29, 1.82) is 0 Å². The second-order valence-electron chi connectivity index (χ2n) is 3.99. The van der Waals surface area contributed by atoms with Gasteiger partial charge in [-0.15, -0.1) is 23.2 Å². The van der Waals surface area contributed by atoms with E-state index >= 15 is 0 Å². The smallest absolute Gasteiger partial charge is 0.305 e. The summed E-state index contributed by atoms with van der Waals surface area (Å²) in [5.74, 6) is 0.438. The lowest BCUT2D eigenvalue weighted by Gasteiger charge is -2.04. The molecule has 0 heterocycles. The number of alkyl halides is 2. The molecular formula is C12H22Cl2O2. The van der Waals surface area contributed by atoms with E-state index in [4.69, 9.17) is 23.2 Å². The van der Waals surface area contributed by atoms with Gasteiger partial charge >= 0.3 is 5.97 Å². The Hall–Kier alpha value is 0.0500. The molecule has 0 amide bonds. The summed E-state index contributed by atoms with van der Waals surface area (Å²) in [6, 6.07) is 0. The van der Waals surface area contributed by atoms with Crippen LogP contribution >= 0.6 is 23.2 Å². The Bertz CT molecular complexity index is 174. The summed E-state index contributed by atoms with van der Waals surface area (Å²) in [6.45, 7) is 0. The first kappa shape index (κ1) is 16.1. The van der Waals surface area contributed by atoms with E-state index < -0.39 is 0 Å². The maximum absolute atomic E-state index is 10.8. The van der Waals surface area contributed by atoms with Gasteiger partial charge in [0, 0.05) is 17.7 Å². The molecule has 0 rings (SSSR count). The molecule has 4 heteroatoms. The van der Waals surface area contributed by atoms with Gasteiger partial charge in [0.15, 0.2) is 0 Å². The van der Waals surface area contributed by atoms with Gasteiger partial charge < -0.3 is 4.74 Å². The summed E-state index contributed by atoms with van der Waals surface area (Å²) in [5, 5.41) is 0.126. The molecule has 16 heavy (non-hydrogen) atoms. The summed E-state index contributed by atoms with van der Waals surface area (Å²) in [6.07, 6.45) is 8.36. The Balaban J connectivity index is 3.07. The van der Waals surface area contributed by atoms with Gasteiger partial charge in [-0.3, -0.25) is 4.79 Å². The van der Waals surface area contributed by atoms with E-state index in [0.29, 0.717) is 12.3 Å². The number of halogens is 2. The third-order valence-corrected chi connectivity index (χ3v) is 3.45. The maximum Gasteiger partial charge on any atom is 0.305 e. The van der Waals surface area contributed by atoms with Crippen LogP contribution in [0.5, 0.6) is 0 Å². The zero-order chi connectivity index (χ0) is 12.2. The quantitative estimate of drug-likeness (QED) is 0.338. The van der Waals surface area contributed by atoms with E-state index in [9.17, 15) is 4.79 Å². The Labute approximate surface area is 109 Å². The van der Waals surface area contributed by atoms with E-state index in [2.05, 4.69) is 4.74 Å². The number of hydrogen-bond donors (Lipinski definition) is 0. The highest BCUT2D eigenvalue weighted by Gasteiger charge is 2.02.